The average molecular weight is 265 g/mol. The van der Waals surface area contributed by atoms with E-state index in [4.69, 9.17) is 0 Å². The monoisotopic (exact) mass is 265 g/mol. The smallest absolute Gasteiger partial charge is 0.320 e. The second-order valence-corrected chi connectivity index (χ2v) is 4.16. The van der Waals surface area contributed by atoms with Crippen molar-refractivity contribution in [3.63, 3.8) is 0 Å². The first-order chi connectivity index (χ1) is 9.00. The van der Waals surface area contributed by atoms with Crippen molar-refractivity contribution >= 4 is 11.6 Å². The molecule has 0 bridgehead atoms. The van der Waals surface area contributed by atoms with Gasteiger partial charge in [-0.15, -0.1) is 0 Å². The number of halogens is 2. The highest BCUT2D eigenvalue weighted by Gasteiger charge is 2.18. The van der Waals surface area contributed by atoms with Gasteiger partial charge in [0.05, 0.1) is 0 Å². The van der Waals surface area contributed by atoms with Crippen molar-refractivity contribution < 1.29 is 13.6 Å². The largest absolute Gasteiger partial charge is 0.333 e. The molecule has 0 aliphatic rings. The first-order valence-electron chi connectivity index (χ1n) is 5.70. The van der Waals surface area contributed by atoms with Crippen molar-refractivity contribution in [1.82, 2.24) is 9.78 Å². The molecule has 6 heteroatoms. The lowest BCUT2D eigenvalue weighted by molar-refractivity contribution is 0.0520. The number of aryl methyl sites for hydroxylation is 2. The number of carbonyl (C=O) groups excluding carboxylic acids is 1. The first-order valence-corrected chi connectivity index (χ1v) is 5.70. The van der Waals surface area contributed by atoms with Gasteiger partial charge in [-0.3, -0.25) is 4.79 Å². The zero-order valence-corrected chi connectivity index (χ0v) is 10.5. The van der Waals surface area contributed by atoms with Gasteiger partial charge in [0.15, 0.2) is 0 Å². The number of amides is 1. The standard InChI is InChI=1S/C13H13F2N3O/c1-8-4-3-5-9(2)11(8)17-12(19)10-6-7-16-18(10)13(14)15/h3-7,13H,1-2H3,(H,17,19). The summed E-state index contributed by atoms with van der Waals surface area (Å²) in [5.41, 5.74) is 2.21. The third-order valence-corrected chi connectivity index (χ3v) is 2.81. The van der Waals surface area contributed by atoms with Crippen molar-refractivity contribution in [2.24, 2.45) is 0 Å². The Balaban J connectivity index is 2.29. The van der Waals surface area contributed by atoms with Crippen LogP contribution in [0.1, 0.15) is 28.2 Å². The summed E-state index contributed by atoms with van der Waals surface area (Å²) in [6.45, 7) is 0.841. The summed E-state index contributed by atoms with van der Waals surface area (Å²) in [6.07, 6.45) is 1.17. The van der Waals surface area contributed by atoms with Gasteiger partial charge in [-0.25, -0.2) is 0 Å². The van der Waals surface area contributed by atoms with Crippen molar-refractivity contribution in [1.29, 1.82) is 0 Å². The Kier molecular flexibility index (Phi) is 3.59. The first kappa shape index (κ1) is 13.2. The van der Waals surface area contributed by atoms with Gasteiger partial charge in [0, 0.05) is 11.9 Å². The van der Waals surface area contributed by atoms with E-state index >= 15 is 0 Å². The van der Waals surface area contributed by atoms with Gasteiger partial charge < -0.3 is 5.32 Å². The summed E-state index contributed by atoms with van der Waals surface area (Å²) in [7, 11) is 0. The topological polar surface area (TPSA) is 46.9 Å². The van der Waals surface area contributed by atoms with E-state index in [1.165, 1.54) is 12.3 Å². The summed E-state index contributed by atoms with van der Waals surface area (Å²) in [6, 6.07) is 6.80. The van der Waals surface area contributed by atoms with Crippen molar-refractivity contribution in [2.75, 3.05) is 5.32 Å². The Hall–Kier alpha value is -2.24. The highest BCUT2D eigenvalue weighted by atomic mass is 19.3. The Labute approximate surface area is 109 Å². The lowest BCUT2D eigenvalue weighted by Crippen LogP contribution is -2.19. The summed E-state index contributed by atoms with van der Waals surface area (Å²) in [4.78, 5) is 12.0. The molecular formula is C13H13F2N3O. The third-order valence-electron chi connectivity index (χ3n) is 2.81. The van der Waals surface area contributed by atoms with E-state index in [1.54, 1.807) is 0 Å². The minimum atomic E-state index is -2.84. The number of alkyl halides is 2. The minimum absolute atomic E-state index is 0.169. The number of benzene rings is 1. The highest BCUT2D eigenvalue weighted by molar-refractivity contribution is 6.03. The molecule has 0 fully saturated rings. The van der Waals surface area contributed by atoms with Crippen LogP contribution in [-0.4, -0.2) is 15.7 Å². The maximum absolute atomic E-state index is 12.6. The fourth-order valence-corrected chi connectivity index (χ4v) is 1.84. The van der Waals surface area contributed by atoms with Crippen LogP contribution in [-0.2, 0) is 0 Å². The zero-order valence-electron chi connectivity index (χ0n) is 10.5. The summed E-state index contributed by atoms with van der Waals surface area (Å²) >= 11 is 0. The molecule has 1 aromatic heterocycles. The number of nitrogens with one attached hydrogen (secondary N) is 1. The molecule has 0 atom stereocenters. The molecule has 1 heterocycles. The van der Waals surface area contributed by atoms with E-state index in [0.717, 1.165) is 11.1 Å². The molecule has 1 amide bonds. The fourth-order valence-electron chi connectivity index (χ4n) is 1.84. The minimum Gasteiger partial charge on any atom is -0.320 e. The van der Waals surface area contributed by atoms with E-state index in [2.05, 4.69) is 10.4 Å². The van der Waals surface area contributed by atoms with Crippen LogP contribution in [0.25, 0.3) is 0 Å². The van der Waals surface area contributed by atoms with Gasteiger partial charge in [-0.2, -0.15) is 18.6 Å². The molecule has 1 N–H and O–H groups in total. The van der Waals surface area contributed by atoms with E-state index in [1.807, 2.05) is 32.0 Å². The summed E-state index contributed by atoms with van der Waals surface area (Å²) in [5, 5.41) is 6.07. The highest BCUT2D eigenvalue weighted by Crippen LogP contribution is 2.21. The molecular weight excluding hydrogens is 252 g/mol. The molecule has 0 saturated carbocycles. The van der Waals surface area contributed by atoms with Crippen molar-refractivity contribution in [3.05, 3.63) is 47.3 Å². The SMILES string of the molecule is Cc1cccc(C)c1NC(=O)c1ccnn1C(F)F. The lowest BCUT2D eigenvalue weighted by Gasteiger charge is -2.12. The quantitative estimate of drug-likeness (QED) is 0.926. The number of aromatic nitrogens is 2. The number of nitrogens with zero attached hydrogens (tertiary/aromatic N) is 2. The molecule has 1 aromatic carbocycles. The van der Waals surface area contributed by atoms with E-state index in [9.17, 15) is 13.6 Å². The predicted octanol–water partition coefficient (Wildman–Crippen LogP) is 3.15. The van der Waals surface area contributed by atoms with Crippen LogP contribution in [0, 0.1) is 13.8 Å². The molecule has 0 radical (unpaired) electrons. The molecule has 2 rings (SSSR count). The molecule has 100 valence electrons. The van der Waals surface area contributed by atoms with Gasteiger partial charge in [-0.1, -0.05) is 18.2 Å². The molecule has 2 aromatic rings. The van der Waals surface area contributed by atoms with Gasteiger partial charge >= 0.3 is 6.55 Å². The molecule has 4 nitrogen and oxygen atoms in total. The Bertz CT molecular complexity index is 587. The number of carbonyl (C=O) groups is 1. The van der Waals surface area contributed by atoms with Crippen LogP contribution in [0.3, 0.4) is 0 Å². The van der Waals surface area contributed by atoms with Gasteiger partial charge in [0.25, 0.3) is 5.91 Å². The predicted molar refractivity (Wildman–Crippen MR) is 67.3 cm³/mol. The Morgan fingerprint density at radius 3 is 2.47 bits per heavy atom. The molecule has 19 heavy (non-hydrogen) atoms. The number of rotatable bonds is 3. The number of para-hydroxylation sites is 1. The second-order valence-electron chi connectivity index (χ2n) is 4.16. The van der Waals surface area contributed by atoms with E-state index in [0.29, 0.717) is 10.4 Å². The van der Waals surface area contributed by atoms with Gasteiger partial charge in [-0.05, 0) is 31.0 Å². The number of hydrogen-bond acceptors (Lipinski definition) is 2. The average Bonchev–Trinajstić information content (AvgIpc) is 2.83. The summed E-state index contributed by atoms with van der Waals surface area (Å²) < 4.78 is 25.7. The second kappa shape index (κ2) is 5.17. The number of hydrogen-bond donors (Lipinski definition) is 1. The van der Waals surface area contributed by atoms with Crippen LogP contribution in [0.5, 0.6) is 0 Å². The van der Waals surface area contributed by atoms with Gasteiger partial charge in [0.2, 0.25) is 0 Å². The Morgan fingerprint density at radius 2 is 1.89 bits per heavy atom. The van der Waals surface area contributed by atoms with Crippen molar-refractivity contribution in [3.8, 4) is 0 Å². The van der Waals surface area contributed by atoms with Crippen LogP contribution < -0.4 is 5.32 Å². The van der Waals surface area contributed by atoms with Crippen LogP contribution in [0.15, 0.2) is 30.5 Å². The van der Waals surface area contributed by atoms with Crippen molar-refractivity contribution in [2.45, 2.75) is 20.4 Å². The molecule has 0 spiro atoms. The maximum Gasteiger partial charge on any atom is 0.333 e. The Morgan fingerprint density at radius 1 is 1.26 bits per heavy atom. The van der Waals surface area contributed by atoms with E-state index in [-0.39, 0.29) is 5.69 Å². The third kappa shape index (κ3) is 2.62. The zero-order chi connectivity index (χ0) is 14.0. The maximum atomic E-state index is 12.6. The number of anilines is 1. The lowest BCUT2D eigenvalue weighted by atomic mass is 10.1. The van der Waals surface area contributed by atoms with Crippen LogP contribution in [0.2, 0.25) is 0 Å². The summed E-state index contributed by atoms with van der Waals surface area (Å²) in [5.74, 6) is -0.602. The van der Waals surface area contributed by atoms with E-state index < -0.39 is 12.5 Å². The molecule has 0 aliphatic heterocycles. The fraction of sp³-hybridized carbons (Fsp3) is 0.231. The van der Waals surface area contributed by atoms with Gasteiger partial charge in [0.1, 0.15) is 5.69 Å². The molecule has 0 unspecified atom stereocenters. The molecule has 0 saturated heterocycles. The molecule has 0 aliphatic carbocycles. The van der Waals surface area contributed by atoms with Crippen LogP contribution >= 0.6 is 0 Å². The van der Waals surface area contributed by atoms with Crippen LogP contribution in [0.4, 0.5) is 14.5 Å². The normalized spacial score (nSPS) is 10.8.